The second-order valence-corrected chi connectivity index (χ2v) is 7.84. The fraction of sp³-hybridized carbons (Fsp3) is 0.364. The Bertz CT molecular complexity index is 952. The quantitative estimate of drug-likeness (QED) is 0.715. The summed E-state index contributed by atoms with van der Waals surface area (Å²) in [5.74, 6) is 2.12. The monoisotopic (exact) mass is 360 g/mol. The van der Waals surface area contributed by atoms with Crippen molar-refractivity contribution in [1.82, 2.24) is 19.4 Å². The van der Waals surface area contributed by atoms with E-state index in [1.165, 1.54) is 23.5 Å². The number of hydrogen-bond donors (Lipinski definition) is 0. The Balaban J connectivity index is 1.37. The van der Waals surface area contributed by atoms with E-state index in [2.05, 4.69) is 32.7 Å². The lowest BCUT2D eigenvalue weighted by molar-refractivity contribution is 0.247. The fourth-order valence-corrected chi connectivity index (χ4v) is 4.72. The summed E-state index contributed by atoms with van der Waals surface area (Å²) in [7, 11) is 1.73. The zero-order valence-corrected chi connectivity index (χ0v) is 15.6. The van der Waals surface area contributed by atoms with E-state index in [0.717, 1.165) is 43.9 Å². The number of benzene rings is 1. The molecule has 1 aromatic carbocycles. The number of likely N-dealkylation sites (tertiary alicyclic amines) is 1. The van der Waals surface area contributed by atoms with Crippen LogP contribution in [-0.2, 0) is 19.5 Å². The van der Waals surface area contributed by atoms with Crippen LogP contribution in [-0.4, -0.2) is 39.6 Å². The molecule has 0 amide bonds. The van der Waals surface area contributed by atoms with E-state index in [0.29, 0.717) is 5.41 Å². The maximum atomic E-state index is 5.57. The number of ether oxygens (including phenoxy) is 1. The molecule has 1 unspecified atom stereocenters. The van der Waals surface area contributed by atoms with Gasteiger partial charge >= 0.3 is 0 Å². The van der Waals surface area contributed by atoms with Gasteiger partial charge in [0.05, 0.1) is 19.0 Å². The van der Waals surface area contributed by atoms with Gasteiger partial charge in [0, 0.05) is 49.4 Å². The molecule has 1 saturated heterocycles. The van der Waals surface area contributed by atoms with Crippen LogP contribution in [0.25, 0.3) is 11.3 Å². The van der Waals surface area contributed by atoms with Gasteiger partial charge in [0.2, 0.25) is 0 Å². The van der Waals surface area contributed by atoms with Crippen LogP contribution in [0.3, 0.4) is 0 Å². The first-order chi connectivity index (χ1) is 13.3. The SMILES string of the molecule is COc1ccccc1-c1cnc2n1CC1(CCN(Cc3cccnc3)C1)C2. The zero-order chi connectivity index (χ0) is 18.3. The Hall–Kier alpha value is -2.66. The van der Waals surface area contributed by atoms with E-state index in [1.54, 1.807) is 7.11 Å². The minimum Gasteiger partial charge on any atom is -0.496 e. The summed E-state index contributed by atoms with van der Waals surface area (Å²) in [4.78, 5) is 11.6. The van der Waals surface area contributed by atoms with Crippen LogP contribution < -0.4 is 4.74 Å². The first kappa shape index (κ1) is 16.5. The average molecular weight is 360 g/mol. The van der Waals surface area contributed by atoms with E-state index in [-0.39, 0.29) is 0 Å². The predicted octanol–water partition coefficient (Wildman–Crippen LogP) is 3.40. The maximum absolute atomic E-state index is 5.57. The predicted molar refractivity (Wildman–Crippen MR) is 104 cm³/mol. The smallest absolute Gasteiger partial charge is 0.128 e. The molecule has 1 fully saturated rings. The van der Waals surface area contributed by atoms with E-state index >= 15 is 0 Å². The normalized spacial score (nSPS) is 21.7. The molecule has 5 heteroatoms. The van der Waals surface area contributed by atoms with Gasteiger partial charge in [-0.25, -0.2) is 4.98 Å². The molecule has 27 heavy (non-hydrogen) atoms. The minimum absolute atomic E-state index is 0.308. The van der Waals surface area contributed by atoms with Crippen molar-refractivity contribution in [2.24, 2.45) is 5.41 Å². The molecule has 0 aliphatic carbocycles. The fourth-order valence-electron chi connectivity index (χ4n) is 4.72. The van der Waals surface area contributed by atoms with Gasteiger partial charge in [-0.15, -0.1) is 0 Å². The first-order valence-corrected chi connectivity index (χ1v) is 9.55. The first-order valence-electron chi connectivity index (χ1n) is 9.55. The second-order valence-electron chi connectivity index (χ2n) is 7.84. The van der Waals surface area contributed by atoms with Gasteiger partial charge in [-0.1, -0.05) is 18.2 Å². The molecule has 5 nitrogen and oxygen atoms in total. The van der Waals surface area contributed by atoms with Crippen molar-refractivity contribution in [1.29, 1.82) is 0 Å². The Morgan fingerprint density at radius 3 is 2.89 bits per heavy atom. The van der Waals surface area contributed by atoms with Crippen LogP contribution in [0.15, 0.2) is 55.0 Å². The minimum atomic E-state index is 0.308. The van der Waals surface area contributed by atoms with Gasteiger partial charge in [-0.05, 0) is 36.7 Å². The molecule has 2 aromatic heterocycles. The molecule has 138 valence electrons. The lowest BCUT2D eigenvalue weighted by Crippen LogP contribution is -2.28. The highest BCUT2D eigenvalue weighted by atomic mass is 16.5. The number of para-hydroxylation sites is 1. The van der Waals surface area contributed by atoms with Crippen LogP contribution >= 0.6 is 0 Å². The van der Waals surface area contributed by atoms with Crippen molar-refractivity contribution < 1.29 is 4.74 Å². The van der Waals surface area contributed by atoms with Gasteiger partial charge in [0.15, 0.2) is 0 Å². The van der Waals surface area contributed by atoms with Crippen LogP contribution in [0.5, 0.6) is 5.75 Å². The maximum Gasteiger partial charge on any atom is 0.128 e. The third-order valence-electron chi connectivity index (χ3n) is 5.99. The van der Waals surface area contributed by atoms with Crippen molar-refractivity contribution in [2.75, 3.05) is 20.2 Å². The molecule has 1 spiro atoms. The number of nitrogens with zero attached hydrogens (tertiary/aromatic N) is 4. The van der Waals surface area contributed by atoms with Crippen LogP contribution in [0, 0.1) is 5.41 Å². The van der Waals surface area contributed by atoms with Gasteiger partial charge in [0.1, 0.15) is 11.6 Å². The van der Waals surface area contributed by atoms with Crippen molar-refractivity contribution in [3.8, 4) is 17.0 Å². The molecule has 0 bridgehead atoms. The molecule has 2 aliphatic rings. The van der Waals surface area contributed by atoms with Gasteiger partial charge in [-0.2, -0.15) is 0 Å². The Morgan fingerprint density at radius 1 is 1.11 bits per heavy atom. The third kappa shape index (κ3) is 2.92. The highest BCUT2D eigenvalue weighted by molar-refractivity contribution is 5.67. The van der Waals surface area contributed by atoms with Crippen molar-refractivity contribution >= 4 is 0 Å². The highest BCUT2D eigenvalue weighted by Crippen LogP contribution is 2.43. The Labute approximate surface area is 159 Å². The number of hydrogen-bond acceptors (Lipinski definition) is 4. The summed E-state index contributed by atoms with van der Waals surface area (Å²) in [5, 5.41) is 0. The van der Waals surface area contributed by atoms with Crippen LogP contribution in [0.4, 0.5) is 0 Å². The average Bonchev–Trinajstić information content (AvgIpc) is 3.37. The van der Waals surface area contributed by atoms with E-state index in [1.807, 2.05) is 36.8 Å². The number of fused-ring (bicyclic) bond motifs is 1. The molecule has 0 radical (unpaired) electrons. The molecular weight excluding hydrogens is 336 g/mol. The van der Waals surface area contributed by atoms with Gasteiger partial charge in [-0.3, -0.25) is 9.88 Å². The highest BCUT2D eigenvalue weighted by Gasteiger charge is 2.44. The van der Waals surface area contributed by atoms with Crippen molar-refractivity contribution in [2.45, 2.75) is 25.9 Å². The number of methoxy groups -OCH3 is 1. The van der Waals surface area contributed by atoms with Crippen LogP contribution in [0.1, 0.15) is 17.8 Å². The zero-order valence-electron chi connectivity index (χ0n) is 15.6. The van der Waals surface area contributed by atoms with E-state index in [4.69, 9.17) is 9.72 Å². The van der Waals surface area contributed by atoms with Crippen molar-refractivity contribution in [3.63, 3.8) is 0 Å². The molecule has 2 aliphatic heterocycles. The summed E-state index contributed by atoms with van der Waals surface area (Å²) < 4.78 is 7.98. The number of pyridine rings is 1. The topological polar surface area (TPSA) is 43.2 Å². The summed E-state index contributed by atoms with van der Waals surface area (Å²) in [6.07, 6.45) is 8.10. The van der Waals surface area contributed by atoms with Gasteiger partial charge < -0.3 is 9.30 Å². The lowest BCUT2D eigenvalue weighted by Gasteiger charge is -2.23. The van der Waals surface area contributed by atoms with E-state index in [9.17, 15) is 0 Å². The summed E-state index contributed by atoms with van der Waals surface area (Å²) in [6, 6.07) is 12.4. The largest absolute Gasteiger partial charge is 0.496 e. The standard InChI is InChI=1S/C22H24N4O/c1-27-20-7-3-2-6-18(20)19-13-24-21-11-22(16-26(19)21)8-10-25(15-22)14-17-5-4-9-23-12-17/h2-7,9,12-13H,8,10-11,14-16H2,1H3. The number of rotatable bonds is 4. The number of aromatic nitrogens is 3. The summed E-state index contributed by atoms with van der Waals surface area (Å²) in [5.41, 5.74) is 3.90. The summed E-state index contributed by atoms with van der Waals surface area (Å²) >= 11 is 0. The molecule has 5 rings (SSSR count). The summed E-state index contributed by atoms with van der Waals surface area (Å²) in [6.45, 7) is 4.29. The molecular formula is C22H24N4O. The van der Waals surface area contributed by atoms with Gasteiger partial charge in [0.25, 0.3) is 0 Å². The number of imidazole rings is 1. The van der Waals surface area contributed by atoms with Crippen LogP contribution in [0.2, 0.25) is 0 Å². The Morgan fingerprint density at radius 2 is 2.04 bits per heavy atom. The molecule has 1 atom stereocenters. The van der Waals surface area contributed by atoms with Crippen molar-refractivity contribution in [3.05, 3.63) is 66.4 Å². The lowest BCUT2D eigenvalue weighted by atomic mass is 9.86. The third-order valence-corrected chi connectivity index (χ3v) is 5.99. The second kappa shape index (κ2) is 6.50. The molecule has 0 saturated carbocycles. The molecule has 4 heterocycles. The molecule has 3 aromatic rings. The Kier molecular flexibility index (Phi) is 3.97. The molecule has 0 N–H and O–H groups in total. The van der Waals surface area contributed by atoms with E-state index < -0.39 is 0 Å².